The van der Waals surface area contributed by atoms with Crippen LogP contribution in [0.25, 0.3) is 0 Å². The summed E-state index contributed by atoms with van der Waals surface area (Å²) in [6.45, 7) is 5.27. The van der Waals surface area contributed by atoms with E-state index in [9.17, 15) is 4.79 Å². The molecule has 0 aromatic carbocycles. The second-order valence-corrected chi connectivity index (χ2v) is 5.00. The van der Waals surface area contributed by atoms with Crippen molar-refractivity contribution in [2.75, 3.05) is 6.54 Å². The highest BCUT2D eigenvalue weighted by atomic mass is 16.2. The number of likely N-dealkylation sites (tertiary alicyclic amines) is 1. The molecule has 2 N–H and O–H groups in total. The van der Waals surface area contributed by atoms with Crippen molar-refractivity contribution in [2.45, 2.75) is 51.7 Å². The molecule has 0 radical (unpaired) electrons. The Labute approximate surface area is 107 Å². The SMILES string of the molecule is C[C@@H]1CCC[C@H](C)N1C(=O)c1cn(CCN)nn1. The summed E-state index contributed by atoms with van der Waals surface area (Å²) in [5, 5.41) is 7.86. The second kappa shape index (κ2) is 5.48. The fourth-order valence-electron chi connectivity index (χ4n) is 2.59. The average molecular weight is 251 g/mol. The van der Waals surface area contributed by atoms with Gasteiger partial charge in [-0.05, 0) is 33.1 Å². The van der Waals surface area contributed by atoms with Gasteiger partial charge in [-0.3, -0.25) is 9.48 Å². The van der Waals surface area contributed by atoms with E-state index in [1.165, 1.54) is 6.42 Å². The minimum Gasteiger partial charge on any atom is -0.332 e. The average Bonchev–Trinajstić information content (AvgIpc) is 2.78. The lowest BCUT2D eigenvalue weighted by atomic mass is 9.97. The maximum atomic E-state index is 12.4. The molecule has 0 aliphatic carbocycles. The van der Waals surface area contributed by atoms with E-state index in [2.05, 4.69) is 24.2 Å². The van der Waals surface area contributed by atoms with E-state index in [1.807, 2.05) is 4.90 Å². The summed E-state index contributed by atoms with van der Waals surface area (Å²) in [6, 6.07) is 0.557. The first-order valence-electron chi connectivity index (χ1n) is 6.56. The molecular weight excluding hydrogens is 230 g/mol. The molecular formula is C12H21N5O. The normalized spacial score (nSPS) is 24.3. The summed E-state index contributed by atoms with van der Waals surface area (Å²) in [5.41, 5.74) is 5.87. The van der Waals surface area contributed by atoms with Gasteiger partial charge in [0.2, 0.25) is 0 Å². The van der Waals surface area contributed by atoms with Gasteiger partial charge in [0.05, 0.1) is 12.7 Å². The van der Waals surface area contributed by atoms with Crippen molar-refractivity contribution in [2.24, 2.45) is 5.73 Å². The van der Waals surface area contributed by atoms with Crippen LogP contribution >= 0.6 is 0 Å². The lowest BCUT2D eigenvalue weighted by Crippen LogP contribution is -2.47. The third kappa shape index (κ3) is 2.53. The summed E-state index contributed by atoms with van der Waals surface area (Å²) >= 11 is 0. The van der Waals surface area contributed by atoms with Crippen LogP contribution in [0.1, 0.15) is 43.6 Å². The van der Waals surface area contributed by atoms with Crippen LogP contribution in [0.5, 0.6) is 0 Å². The highest BCUT2D eigenvalue weighted by Crippen LogP contribution is 2.23. The zero-order valence-electron chi connectivity index (χ0n) is 11.0. The second-order valence-electron chi connectivity index (χ2n) is 5.00. The third-order valence-electron chi connectivity index (χ3n) is 3.54. The largest absolute Gasteiger partial charge is 0.332 e. The summed E-state index contributed by atoms with van der Waals surface area (Å²) in [6.07, 6.45) is 5.00. The zero-order chi connectivity index (χ0) is 13.1. The maximum Gasteiger partial charge on any atom is 0.276 e. The highest BCUT2D eigenvalue weighted by molar-refractivity contribution is 5.92. The lowest BCUT2D eigenvalue weighted by molar-refractivity contribution is 0.0504. The number of hydrogen-bond acceptors (Lipinski definition) is 4. The summed E-state index contributed by atoms with van der Waals surface area (Å²) in [4.78, 5) is 14.3. The zero-order valence-corrected chi connectivity index (χ0v) is 11.0. The van der Waals surface area contributed by atoms with Gasteiger partial charge in [0.15, 0.2) is 5.69 Å². The van der Waals surface area contributed by atoms with Crippen molar-refractivity contribution in [3.8, 4) is 0 Å². The van der Waals surface area contributed by atoms with Crippen LogP contribution in [0.15, 0.2) is 6.20 Å². The number of amides is 1. The highest BCUT2D eigenvalue weighted by Gasteiger charge is 2.30. The van der Waals surface area contributed by atoms with Gasteiger partial charge in [0, 0.05) is 18.6 Å². The Bertz CT molecular complexity index is 406. The number of hydrogen-bond donors (Lipinski definition) is 1. The van der Waals surface area contributed by atoms with Gasteiger partial charge in [-0.15, -0.1) is 5.10 Å². The molecule has 0 spiro atoms. The number of piperidine rings is 1. The smallest absolute Gasteiger partial charge is 0.276 e. The first-order valence-corrected chi connectivity index (χ1v) is 6.56. The predicted octanol–water partition coefficient (Wildman–Crippen LogP) is 0.640. The van der Waals surface area contributed by atoms with E-state index in [1.54, 1.807) is 10.9 Å². The molecule has 6 nitrogen and oxygen atoms in total. The fourth-order valence-corrected chi connectivity index (χ4v) is 2.59. The minimum atomic E-state index is -0.0158. The number of carbonyl (C=O) groups is 1. The van der Waals surface area contributed by atoms with Gasteiger partial charge >= 0.3 is 0 Å². The Morgan fingerprint density at radius 1 is 1.44 bits per heavy atom. The molecule has 1 fully saturated rings. The first-order chi connectivity index (χ1) is 8.63. The third-order valence-corrected chi connectivity index (χ3v) is 3.54. The van der Waals surface area contributed by atoms with Crippen molar-refractivity contribution in [3.63, 3.8) is 0 Å². The van der Waals surface area contributed by atoms with Crippen LogP contribution in [0, 0.1) is 0 Å². The minimum absolute atomic E-state index is 0.0158. The van der Waals surface area contributed by atoms with E-state index in [-0.39, 0.29) is 18.0 Å². The first kappa shape index (κ1) is 13.0. The molecule has 2 rings (SSSR count). The number of rotatable bonds is 3. The number of carbonyl (C=O) groups excluding carboxylic acids is 1. The Morgan fingerprint density at radius 2 is 2.11 bits per heavy atom. The molecule has 0 bridgehead atoms. The van der Waals surface area contributed by atoms with E-state index in [0.717, 1.165) is 12.8 Å². The van der Waals surface area contributed by atoms with Crippen LogP contribution in [0.3, 0.4) is 0 Å². The summed E-state index contributed by atoms with van der Waals surface area (Å²) in [5.74, 6) is -0.0158. The molecule has 1 aromatic rings. The van der Waals surface area contributed by atoms with E-state index >= 15 is 0 Å². The molecule has 1 aliphatic rings. The Kier molecular flexibility index (Phi) is 3.96. The van der Waals surface area contributed by atoms with Crippen LogP contribution in [-0.2, 0) is 6.54 Å². The van der Waals surface area contributed by atoms with Crippen molar-refractivity contribution in [3.05, 3.63) is 11.9 Å². The predicted molar refractivity (Wildman–Crippen MR) is 68.0 cm³/mol. The molecule has 18 heavy (non-hydrogen) atoms. The lowest BCUT2D eigenvalue weighted by Gasteiger charge is -2.38. The number of aromatic nitrogens is 3. The molecule has 0 unspecified atom stereocenters. The van der Waals surface area contributed by atoms with E-state index < -0.39 is 0 Å². The summed E-state index contributed by atoms with van der Waals surface area (Å²) < 4.78 is 1.62. The molecule has 1 aromatic heterocycles. The van der Waals surface area contributed by atoms with Crippen LogP contribution in [0.2, 0.25) is 0 Å². The maximum absolute atomic E-state index is 12.4. The molecule has 1 amide bonds. The molecule has 6 heteroatoms. The molecule has 100 valence electrons. The fraction of sp³-hybridized carbons (Fsp3) is 0.750. The van der Waals surface area contributed by atoms with Crippen molar-refractivity contribution < 1.29 is 4.79 Å². The Balaban J connectivity index is 2.13. The molecule has 2 heterocycles. The number of nitrogens with two attached hydrogens (primary N) is 1. The van der Waals surface area contributed by atoms with Gasteiger partial charge in [0.1, 0.15) is 0 Å². The standard InChI is InChI=1S/C12H21N5O/c1-9-4-3-5-10(2)17(9)12(18)11-8-16(7-6-13)15-14-11/h8-10H,3-7,13H2,1-2H3/t9-,10+. The molecule has 2 atom stereocenters. The van der Waals surface area contributed by atoms with Crippen molar-refractivity contribution in [1.82, 2.24) is 19.9 Å². The number of nitrogens with zero attached hydrogens (tertiary/aromatic N) is 4. The quantitative estimate of drug-likeness (QED) is 0.855. The van der Waals surface area contributed by atoms with E-state index in [0.29, 0.717) is 18.8 Å². The molecule has 0 saturated carbocycles. The van der Waals surface area contributed by atoms with Gasteiger partial charge < -0.3 is 10.6 Å². The van der Waals surface area contributed by atoms with Gasteiger partial charge in [-0.2, -0.15) is 0 Å². The van der Waals surface area contributed by atoms with Gasteiger partial charge in [-0.1, -0.05) is 5.21 Å². The summed E-state index contributed by atoms with van der Waals surface area (Å²) in [7, 11) is 0. The van der Waals surface area contributed by atoms with E-state index in [4.69, 9.17) is 5.73 Å². The molecule has 1 aliphatic heterocycles. The van der Waals surface area contributed by atoms with Gasteiger partial charge in [-0.25, -0.2) is 0 Å². The molecule has 1 saturated heterocycles. The van der Waals surface area contributed by atoms with Crippen LogP contribution < -0.4 is 5.73 Å². The van der Waals surface area contributed by atoms with Gasteiger partial charge in [0.25, 0.3) is 5.91 Å². The topological polar surface area (TPSA) is 77.0 Å². The Hall–Kier alpha value is -1.43. The van der Waals surface area contributed by atoms with Crippen molar-refractivity contribution >= 4 is 5.91 Å². The van der Waals surface area contributed by atoms with Crippen molar-refractivity contribution in [1.29, 1.82) is 0 Å². The van der Waals surface area contributed by atoms with Crippen LogP contribution in [0.4, 0.5) is 0 Å². The van der Waals surface area contributed by atoms with Crippen LogP contribution in [-0.4, -0.2) is 44.4 Å². The Morgan fingerprint density at radius 3 is 2.72 bits per heavy atom. The monoisotopic (exact) mass is 251 g/mol.